The van der Waals surface area contributed by atoms with Crippen molar-refractivity contribution in [3.8, 4) is 12.8 Å². The Morgan fingerprint density at radius 3 is 2.48 bits per heavy atom. The predicted octanol–water partition coefficient (Wildman–Crippen LogP) is 6.65. The smallest absolute Gasteiger partial charge is 0.223 e. The van der Waals surface area contributed by atoms with Crippen molar-refractivity contribution in [2.24, 2.45) is 11.8 Å². The van der Waals surface area contributed by atoms with Gasteiger partial charge in [0.25, 0.3) is 0 Å². The second kappa shape index (κ2) is 15.7. The zero-order chi connectivity index (χ0) is 22.2. The third kappa shape index (κ3) is 9.22. The molecule has 1 unspecified atom stereocenters. The van der Waals surface area contributed by atoms with Gasteiger partial charge in [-0.1, -0.05) is 66.0 Å². The topological polar surface area (TPSA) is 44.9 Å². The van der Waals surface area contributed by atoms with E-state index < -0.39 is 0 Å². The normalized spacial score (nSPS) is 17.5. The van der Waals surface area contributed by atoms with E-state index in [2.05, 4.69) is 75.2 Å². The van der Waals surface area contributed by atoms with Crippen LogP contribution in [0, 0.1) is 31.6 Å². The van der Waals surface area contributed by atoms with Crippen LogP contribution < -0.4 is 5.32 Å². The van der Waals surface area contributed by atoms with Gasteiger partial charge in [0.15, 0.2) is 0 Å². The highest BCUT2D eigenvalue weighted by molar-refractivity contribution is 5.84. The highest BCUT2D eigenvalue weighted by Crippen LogP contribution is 2.28. The Hall–Kier alpha value is -2.21. The van der Waals surface area contributed by atoms with Crippen molar-refractivity contribution in [3.05, 3.63) is 35.5 Å². The van der Waals surface area contributed by atoms with E-state index in [4.69, 9.17) is 0 Å². The van der Waals surface area contributed by atoms with Gasteiger partial charge in [0, 0.05) is 29.6 Å². The number of aromatic amines is 1. The van der Waals surface area contributed by atoms with Crippen molar-refractivity contribution < 1.29 is 4.79 Å². The molecule has 2 atom stereocenters. The average Bonchev–Trinajstić information content (AvgIpc) is 3.13. The molecule has 1 heterocycles. The second-order valence-electron chi connectivity index (χ2n) is 7.58. The maximum atomic E-state index is 12.3. The molecule has 1 aromatic carbocycles. The molecule has 1 fully saturated rings. The number of hydrogen-bond acceptors (Lipinski definition) is 1. The molecule has 2 aromatic rings. The van der Waals surface area contributed by atoms with Gasteiger partial charge in [0.05, 0.1) is 0 Å². The Balaban J connectivity index is 0.00000100. The van der Waals surface area contributed by atoms with Crippen molar-refractivity contribution >= 4 is 16.8 Å². The van der Waals surface area contributed by atoms with Gasteiger partial charge in [0.1, 0.15) is 0 Å². The minimum atomic E-state index is 0.231. The molecule has 0 radical (unpaired) electrons. The summed E-state index contributed by atoms with van der Waals surface area (Å²) >= 11 is 0. The number of benzene rings is 1. The van der Waals surface area contributed by atoms with E-state index in [0.29, 0.717) is 5.92 Å². The third-order valence-corrected chi connectivity index (χ3v) is 4.92. The minimum absolute atomic E-state index is 0.231. The zero-order valence-electron chi connectivity index (χ0n) is 19.5. The summed E-state index contributed by atoms with van der Waals surface area (Å²) in [6, 6.07) is 6.48. The van der Waals surface area contributed by atoms with E-state index in [1.54, 1.807) is 0 Å². The van der Waals surface area contributed by atoms with E-state index in [-0.39, 0.29) is 11.8 Å². The van der Waals surface area contributed by atoms with Crippen LogP contribution >= 0.6 is 0 Å². The lowest BCUT2D eigenvalue weighted by Crippen LogP contribution is -2.34. The lowest BCUT2D eigenvalue weighted by Gasteiger charge is -2.25. The Bertz CT molecular complexity index is 714. The highest BCUT2D eigenvalue weighted by atomic mass is 16.1. The molecule has 3 nitrogen and oxygen atoms in total. The highest BCUT2D eigenvalue weighted by Gasteiger charge is 2.24. The van der Waals surface area contributed by atoms with Gasteiger partial charge < -0.3 is 10.3 Å². The van der Waals surface area contributed by atoms with Crippen molar-refractivity contribution in [2.45, 2.75) is 80.1 Å². The maximum Gasteiger partial charge on any atom is 0.223 e. The van der Waals surface area contributed by atoms with E-state index in [1.807, 2.05) is 13.8 Å². The number of rotatable bonds is 4. The number of terminal acetylenes is 1. The standard InChI is InChI=1S/C19H26N2O.C3H8.C2H6.C2H2/c1-13-4-3-5-15(10-13)19(22)20-9-8-16-12-21-18-11-14(2)6-7-17(16)18;1-3-2;2*1-2/h6-7,11-13,15,21H,3-5,8-10H2,1-2H3,(H,20,22);3H2,1-2H3;1-2H3;1-2H/t13?,15-;;;/m0.../s1. The Morgan fingerprint density at radius 1 is 1.21 bits per heavy atom. The lowest BCUT2D eigenvalue weighted by atomic mass is 9.82. The van der Waals surface area contributed by atoms with Crippen LogP contribution in [0.25, 0.3) is 10.9 Å². The largest absolute Gasteiger partial charge is 0.361 e. The zero-order valence-corrected chi connectivity index (χ0v) is 19.5. The quantitative estimate of drug-likeness (QED) is 0.556. The van der Waals surface area contributed by atoms with E-state index in [9.17, 15) is 4.79 Å². The summed E-state index contributed by atoms with van der Waals surface area (Å²) in [5.74, 6) is 1.18. The second-order valence-corrected chi connectivity index (χ2v) is 7.58. The van der Waals surface area contributed by atoms with Crippen molar-refractivity contribution in [3.63, 3.8) is 0 Å². The molecular formula is C26H42N2O. The number of carbonyl (C=O) groups excluding carboxylic acids is 1. The molecule has 1 aromatic heterocycles. The summed E-state index contributed by atoms with van der Waals surface area (Å²) in [4.78, 5) is 15.6. The summed E-state index contributed by atoms with van der Waals surface area (Å²) in [5, 5.41) is 4.40. The fourth-order valence-electron chi connectivity index (χ4n) is 3.64. The Morgan fingerprint density at radius 2 is 1.86 bits per heavy atom. The molecule has 0 saturated heterocycles. The van der Waals surface area contributed by atoms with E-state index in [1.165, 1.54) is 41.3 Å². The van der Waals surface area contributed by atoms with Crippen LogP contribution in [0.3, 0.4) is 0 Å². The van der Waals surface area contributed by atoms with E-state index >= 15 is 0 Å². The number of aryl methyl sites for hydroxylation is 1. The molecule has 0 spiro atoms. The molecule has 1 aliphatic rings. The first-order valence-corrected chi connectivity index (χ1v) is 11.2. The van der Waals surface area contributed by atoms with Gasteiger partial charge in [-0.2, -0.15) is 0 Å². The number of nitrogens with one attached hydrogen (secondary N) is 2. The van der Waals surface area contributed by atoms with Crippen LogP contribution in [0.5, 0.6) is 0 Å². The van der Waals surface area contributed by atoms with Crippen molar-refractivity contribution in [2.75, 3.05) is 6.54 Å². The number of amides is 1. The monoisotopic (exact) mass is 398 g/mol. The van der Waals surface area contributed by atoms with E-state index in [0.717, 1.165) is 25.8 Å². The first kappa shape index (κ1) is 26.8. The summed E-state index contributed by atoms with van der Waals surface area (Å²) in [6.07, 6.45) is 16.8. The first-order valence-electron chi connectivity index (χ1n) is 11.2. The Kier molecular flexibility index (Phi) is 14.5. The van der Waals surface area contributed by atoms with Crippen LogP contribution in [0.1, 0.15) is 77.8 Å². The van der Waals surface area contributed by atoms with Crippen LogP contribution in [0.2, 0.25) is 0 Å². The third-order valence-electron chi connectivity index (χ3n) is 4.92. The number of carbonyl (C=O) groups is 1. The number of aromatic nitrogens is 1. The molecule has 2 N–H and O–H groups in total. The summed E-state index contributed by atoms with van der Waals surface area (Å²) in [6.45, 7) is 13.3. The number of H-pyrrole nitrogens is 1. The molecule has 3 rings (SSSR count). The van der Waals surface area contributed by atoms with Gasteiger partial charge >= 0.3 is 0 Å². The molecule has 0 aliphatic heterocycles. The van der Waals surface area contributed by atoms with Gasteiger partial charge in [0.2, 0.25) is 5.91 Å². The van der Waals surface area contributed by atoms with Gasteiger partial charge in [-0.15, -0.1) is 12.8 Å². The molecule has 1 saturated carbocycles. The predicted molar refractivity (Wildman–Crippen MR) is 128 cm³/mol. The number of fused-ring (bicyclic) bond motifs is 1. The van der Waals surface area contributed by atoms with Gasteiger partial charge in [-0.3, -0.25) is 4.79 Å². The van der Waals surface area contributed by atoms with Crippen LogP contribution in [-0.2, 0) is 11.2 Å². The SMILES string of the molecule is C#C.CC.CCC.Cc1ccc2c(CCNC(=O)[C@H]3CCCC(C)C3)c[nH]c2c1. The summed E-state index contributed by atoms with van der Waals surface area (Å²) < 4.78 is 0. The minimum Gasteiger partial charge on any atom is -0.361 e. The lowest BCUT2D eigenvalue weighted by molar-refractivity contribution is -0.126. The molecular weight excluding hydrogens is 356 g/mol. The van der Waals surface area contributed by atoms with Gasteiger partial charge in [-0.05, 0) is 49.3 Å². The molecule has 1 aliphatic carbocycles. The summed E-state index contributed by atoms with van der Waals surface area (Å²) in [7, 11) is 0. The van der Waals surface area contributed by atoms with Gasteiger partial charge in [-0.25, -0.2) is 0 Å². The maximum absolute atomic E-state index is 12.3. The average molecular weight is 399 g/mol. The fourth-order valence-corrected chi connectivity index (χ4v) is 3.64. The number of hydrogen-bond donors (Lipinski definition) is 2. The Labute approximate surface area is 179 Å². The van der Waals surface area contributed by atoms with Crippen LogP contribution in [0.15, 0.2) is 24.4 Å². The molecule has 3 heteroatoms. The van der Waals surface area contributed by atoms with Crippen molar-refractivity contribution in [1.29, 1.82) is 0 Å². The molecule has 1 amide bonds. The fraction of sp³-hybridized carbons (Fsp3) is 0.577. The molecule has 0 bridgehead atoms. The van der Waals surface area contributed by atoms with Crippen molar-refractivity contribution in [1.82, 2.24) is 10.3 Å². The molecule has 162 valence electrons. The first-order chi connectivity index (χ1) is 14.0. The van der Waals surface area contributed by atoms with Crippen LogP contribution in [0.4, 0.5) is 0 Å². The molecule has 29 heavy (non-hydrogen) atoms. The summed E-state index contributed by atoms with van der Waals surface area (Å²) in [5.41, 5.74) is 3.73. The van der Waals surface area contributed by atoms with Crippen LogP contribution in [-0.4, -0.2) is 17.4 Å².